The number of allylic oxidation sites excluding steroid dienone is 4. The van der Waals surface area contributed by atoms with E-state index in [9.17, 15) is 0 Å². The molecule has 5 aromatic rings. The Kier molecular flexibility index (Phi) is 7.31. The molecule has 2 nitrogen and oxygen atoms in total. The lowest BCUT2D eigenvalue weighted by molar-refractivity contribution is 0.462. The van der Waals surface area contributed by atoms with Gasteiger partial charge in [0.15, 0.2) is 7.14 Å². The maximum absolute atomic E-state index is 15.9. The van der Waals surface area contributed by atoms with Crippen molar-refractivity contribution in [2.75, 3.05) is 13.6 Å². The Morgan fingerprint density at radius 3 is 2.45 bits per heavy atom. The zero-order valence-corrected chi connectivity index (χ0v) is 28.5. The first-order valence-electron chi connectivity index (χ1n) is 16.8. The summed E-state index contributed by atoms with van der Waals surface area (Å²) in [5.74, 6) is 0.677. The van der Waals surface area contributed by atoms with Crippen LogP contribution in [0.3, 0.4) is 0 Å². The quantitative estimate of drug-likeness (QED) is 0.174. The van der Waals surface area contributed by atoms with E-state index in [0.717, 1.165) is 38.8 Å². The van der Waals surface area contributed by atoms with E-state index < -0.39 is 7.14 Å². The summed E-state index contributed by atoms with van der Waals surface area (Å²) in [6.45, 7) is 7.35. The largest absolute Gasteiger partial charge is 0.367 e. The van der Waals surface area contributed by atoms with Gasteiger partial charge in [-0.1, -0.05) is 129 Å². The lowest BCUT2D eigenvalue weighted by atomic mass is 9.69. The Labute approximate surface area is 278 Å². The van der Waals surface area contributed by atoms with Gasteiger partial charge >= 0.3 is 0 Å². The van der Waals surface area contributed by atoms with Crippen molar-refractivity contribution in [2.24, 2.45) is 5.92 Å². The Balaban J connectivity index is 1.27. The van der Waals surface area contributed by atoms with Gasteiger partial charge < -0.3 is 9.46 Å². The number of hydrogen-bond donors (Lipinski definition) is 0. The molecule has 0 saturated carbocycles. The molecule has 3 heteroatoms. The lowest BCUT2D eigenvalue weighted by Gasteiger charge is -2.38. The second-order valence-corrected chi connectivity index (χ2v) is 16.1. The summed E-state index contributed by atoms with van der Waals surface area (Å²) < 4.78 is 15.9. The van der Waals surface area contributed by atoms with Gasteiger partial charge in [-0.2, -0.15) is 0 Å². The second kappa shape index (κ2) is 11.5. The van der Waals surface area contributed by atoms with Crippen LogP contribution in [-0.4, -0.2) is 18.5 Å². The molecule has 1 aliphatic heterocycles. The molecule has 0 fully saturated rings. The molecule has 2 aliphatic carbocycles. The third-order valence-corrected chi connectivity index (χ3v) is 13.6. The first-order chi connectivity index (χ1) is 22.9. The highest BCUT2D eigenvalue weighted by molar-refractivity contribution is 7.82. The van der Waals surface area contributed by atoms with Crippen molar-refractivity contribution in [3.63, 3.8) is 0 Å². The van der Waals surface area contributed by atoms with Crippen molar-refractivity contribution in [1.82, 2.24) is 4.90 Å². The Morgan fingerprint density at radius 2 is 1.62 bits per heavy atom. The molecule has 0 spiro atoms. The van der Waals surface area contributed by atoms with Crippen LogP contribution < -0.4 is 10.6 Å². The van der Waals surface area contributed by atoms with Gasteiger partial charge in [-0.25, -0.2) is 0 Å². The number of aryl methyl sites for hydroxylation is 1. The van der Waals surface area contributed by atoms with Crippen LogP contribution >= 0.6 is 7.14 Å². The van der Waals surface area contributed by atoms with Gasteiger partial charge in [0.2, 0.25) is 0 Å². The Morgan fingerprint density at radius 1 is 0.851 bits per heavy atom. The minimum absolute atomic E-state index is 0.338. The van der Waals surface area contributed by atoms with Crippen LogP contribution in [0.1, 0.15) is 54.0 Å². The monoisotopic (exact) mass is 629 g/mol. The predicted molar refractivity (Wildman–Crippen MR) is 203 cm³/mol. The van der Waals surface area contributed by atoms with E-state index in [0.29, 0.717) is 18.4 Å². The van der Waals surface area contributed by atoms with E-state index in [1.54, 1.807) is 0 Å². The van der Waals surface area contributed by atoms with Crippen LogP contribution in [0.25, 0.3) is 39.8 Å². The van der Waals surface area contributed by atoms with Crippen molar-refractivity contribution in [2.45, 2.75) is 33.1 Å². The van der Waals surface area contributed by atoms with E-state index >= 15 is 4.57 Å². The summed E-state index contributed by atoms with van der Waals surface area (Å²) in [6.07, 6.45) is 16.8. The van der Waals surface area contributed by atoms with E-state index in [4.69, 9.17) is 0 Å². The normalized spacial score (nSPS) is 19.9. The number of nitrogens with zero attached hydrogens (tertiary/aromatic N) is 1. The van der Waals surface area contributed by atoms with Crippen LogP contribution in [0.5, 0.6) is 0 Å². The summed E-state index contributed by atoms with van der Waals surface area (Å²) in [4.78, 5) is 2.24. The van der Waals surface area contributed by atoms with Crippen molar-refractivity contribution in [3.8, 4) is 0 Å². The van der Waals surface area contributed by atoms with Gasteiger partial charge in [0.1, 0.15) is 0 Å². The molecule has 232 valence electrons. The number of benzene rings is 5. The average Bonchev–Trinajstić information content (AvgIpc) is 3.10. The van der Waals surface area contributed by atoms with Crippen LogP contribution in [0.2, 0.25) is 0 Å². The molecule has 8 rings (SSSR count). The molecule has 0 N–H and O–H groups in total. The molecule has 1 heterocycles. The SMILES string of the molecule is CC/C=C\c1cc(P(=O)(C2=CC=C(C3=Cc4ccc5cccc6c5c4C(C=C6)C3C)CN2C)c2ccc3ccccc3c2)ccc1C. The Bertz CT molecular complexity index is 2300. The molecule has 0 aromatic heterocycles. The van der Waals surface area contributed by atoms with E-state index in [1.807, 2.05) is 0 Å². The third-order valence-electron chi connectivity index (χ3n) is 10.5. The molecule has 0 amide bonds. The summed E-state index contributed by atoms with van der Waals surface area (Å²) in [5.41, 5.74) is 9.95. The van der Waals surface area contributed by atoms with Crippen molar-refractivity contribution in [1.29, 1.82) is 0 Å². The minimum Gasteiger partial charge on any atom is -0.367 e. The molecule has 5 aromatic carbocycles. The molecule has 0 saturated heterocycles. The van der Waals surface area contributed by atoms with Gasteiger partial charge in [0.25, 0.3) is 0 Å². The maximum Gasteiger partial charge on any atom is 0.186 e. The summed E-state index contributed by atoms with van der Waals surface area (Å²) >= 11 is 0. The molecular formula is C44H40NOP. The molecule has 0 bridgehead atoms. The summed E-state index contributed by atoms with van der Waals surface area (Å²) in [6, 6.07) is 32.2. The molecule has 3 atom stereocenters. The van der Waals surface area contributed by atoms with Gasteiger partial charge in [-0.3, -0.25) is 0 Å². The first-order valence-corrected chi connectivity index (χ1v) is 18.5. The molecule has 3 aliphatic rings. The van der Waals surface area contributed by atoms with Gasteiger partial charge in [0, 0.05) is 30.1 Å². The highest BCUT2D eigenvalue weighted by Gasteiger charge is 2.38. The van der Waals surface area contributed by atoms with Crippen molar-refractivity contribution < 1.29 is 4.57 Å². The first kappa shape index (κ1) is 29.7. The molecule has 0 radical (unpaired) electrons. The fraction of sp³-hybridized carbons (Fsp3) is 0.182. The van der Waals surface area contributed by atoms with Crippen molar-refractivity contribution >= 4 is 57.5 Å². The zero-order valence-electron chi connectivity index (χ0n) is 27.6. The highest BCUT2D eigenvalue weighted by Crippen LogP contribution is 2.55. The molecular weight excluding hydrogens is 589 g/mol. The summed E-state index contributed by atoms with van der Waals surface area (Å²) in [5, 5.41) is 6.72. The minimum atomic E-state index is -3.23. The zero-order chi connectivity index (χ0) is 32.3. The number of fused-ring (bicyclic) bond motifs is 1. The van der Waals surface area contributed by atoms with E-state index in [2.05, 4.69) is 166 Å². The van der Waals surface area contributed by atoms with E-state index in [1.165, 1.54) is 44.2 Å². The maximum atomic E-state index is 15.9. The van der Waals surface area contributed by atoms with Crippen LogP contribution in [0.15, 0.2) is 132 Å². The van der Waals surface area contributed by atoms with Gasteiger partial charge in [-0.05, 0) is 98.0 Å². The van der Waals surface area contributed by atoms with Gasteiger partial charge in [-0.15, -0.1) is 0 Å². The third kappa shape index (κ3) is 4.81. The fourth-order valence-corrected chi connectivity index (χ4v) is 10.8. The second-order valence-electron chi connectivity index (χ2n) is 13.4. The van der Waals surface area contributed by atoms with Gasteiger partial charge in [0.05, 0.1) is 5.44 Å². The summed E-state index contributed by atoms with van der Waals surface area (Å²) in [7, 11) is -1.12. The smallest absolute Gasteiger partial charge is 0.186 e. The average molecular weight is 630 g/mol. The number of likely N-dealkylation sites (N-methyl/N-ethyl adjacent to an activating group) is 1. The topological polar surface area (TPSA) is 20.3 Å². The Hall–Kier alpha value is -4.65. The highest BCUT2D eigenvalue weighted by atomic mass is 31.2. The molecule has 47 heavy (non-hydrogen) atoms. The van der Waals surface area contributed by atoms with Crippen LogP contribution in [0.4, 0.5) is 0 Å². The predicted octanol–water partition coefficient (Wildman–Crippen LogP) is 10.6. The van der Waals surface area contributed by atoms with E-state index in [-0.39, 0.29) is 0 Å². The lowest BCUT2D eigenvalue weighted by Crippen LogP contribution is -2.31. The fourth-order valence-electron chi connectivity index (χ4n) is 7.93. The molecule has 3 unspecified atom stereocenters. The van der Waals surface area contributed by atoms with Crippen LogP contribution in [-0.2, 0) is 4.57 Å². The number of hydrogen-bond acceptors (Lipinski definition) is 2. The van der Waals surface area contributed by atoms with Crippen LogP contribution in [0, 0.1) is 12.8 Å². The van der Waals surface area contributed by atoms with Crippen molar-refractivity contribution in [3.05, 3.63) is 160 Å². The standard InChI is InChI=1S/C44H40NOP/c1-5-6-10-34-25-38(21-15-29(34)2)47(46,39-22-18-31-11-7-8-12-35(31)26-39)42-24-20-37(28-45(42)4)41-27-36-17-16-32-13-9-14-33-19-23-40(30(41)3)44(36)43(32)33/h6-27,30,40H,5,28H2,1-4H3/b10-6-. The number of rotatable bonds is 6.